The monoisotopic (exact) mass is 763 g/mol. The summed E-state index contributed by atoms with van der Waals surface area (Å²) in [6.45, 7) is 3.66. The van der Waals surface area contributed by atoms with E-state index in [-0.39, 0.29) is 28.9 Å². The predicted molar refractivity (Wildman–Crippen MR) is 214 cm³/mol. The number of benzene rings is 4. The van der Waals surface area contributed by atoms with Gasteiger partial charge in [0.25, 0.3) is 0 Å². The molecule has 4 aromatic carbocycles. The molecule has 1 saturated heterocycles. The summed E-state index contributed by atoms with van der Waals surface area (Å²) in [6.07, 6.45) is 2.19. The first-order chi connectivity index (χ1) is 26.5. The Morgan fingerprint density at radius 1 is 0.782 bits per heavy atom. The lowest BCUT2D eigenvalue weighted by Gasteiger charge is -2.42. The van der Waals surface area contributed by atoms with E-state index in [9.17, 15) is 22.8 Å². The topological polar surface area (TPSA) is 142 Å². The smallest absolute Gasteiger partial charge is 0.241 e. The number of ketones is 2. The van der Waals surface area contributed by atoms with Gasteiger partial charge in [0.2, 0.25) is 15.9 Å². The van der Waals surface area contributed by atoms with Crippen molar-refractivity contribution in [1.82, 2.24) is 20.1 Å². The molecular formula is C43H49N5O6S. The molecule has 1 amide bonds. The summed E-state index contributed by atoms with van der Waals surface area (Å²) in [5.41, 5.74) is 2.67. The summed E-state index contributed by atoms with van der Waals surface area (Å²) in [4.78, 5) is 45.4. The molecule has 11 nitrogen and oxygen atoms in total. The molecule has 2 heterocycles. The number of likely N-dealkylation sites (tertiary alicyclic amines) is 1. The van der Waals surface area contributed by atoms with E-state index in [1.54, 1.807) is 43.3 Å². The Kier molecular flexibility index (Phi) is 12.9. The van der Waals surface area contributed by atoms with E-state index in [1.165, 1.54) is 0 Å². The largest absolute Gasteiger partial charge is 0.377 e. The van der Waals surface area contributed by atoms with E-state index in [0.717, 1.165) is 11.1 Å². The SMILES string of the molecule is Cc1cc(C2C(C(=O)c3ccccc3)CN(CCNC(=O)CCCCCNS(=O)(=O)c3cccc4c(N(C)C)cccc34)CC2C(=O)c2ccccc2)no1. The first-order valence-corrected chi connectivity index (χ1v) is 20.3. The normalized spacial score (nSPS) is 17.5. The van der Waals surface area contributed by atoms with E-state index in [2.05, 4.69) is 20.1 Å². The number of carbonyl (C=O) groups is 3. The molecule has 1 fully saturated rings. The minimum Gasteiger partial charge on any atom is -0.377 e. The number of nitrogens with one attached hydrogen (secondary N) is 2. The third-order valence-corrected chi connectivity index (χ3v) is 11.8. The maximum Gasteiger partial charge on any atom is 0.241 e. The highest BCUT2D eigenvalue weighted by Gasteiger charge is 2.46. The van der Waals surface area contributed by atoms with Gasteiger partial charge in [0, 0.05) is 105 Å². The van der Waals surface area contributed by atoms with Gasteiger partial charge in [0.15, 0.2) is 11.6 Å². The summed E-state index contributed by atoms with van der Waals surface area (Å²) in [5, 5.41) is 8.84. The molecule has 2 atom stereocenters. The van der Waals surface area contributed by atoms with Crippen LogP contribution in [-0.4, -0.2) is 82.8 Å². The van der Waals surface area contributed by atoms with Crippen LogP contribution in [0.1, 0.15) is 63.8 Å². The van der Waals surface area contributed by atoms with Crippen LogP contribution >= 0.6 is 0 Å². The summed E-state index contributed by atoms with van der Waals surface area (Å²) < 4.78 is 34.6. The molecule has 0 aliphatic carbocycles. The fourth-order valence-corrected chi connectivity index (χ4v) is 8.90. The standard InChI is InChI=1S/C43H49N5O6S/c1-30-27-37(46-54-30)41-35(42(50)31-15-7-4-8-16-31)28-48(29-36(41)43(51)32-17-9-5-10-18-32)26-25-44-40(49)23-11-6-12-24-45-55(52,53)39-22-14-19-33-34(39)20-13-21-38(33)47(2)3/h4-5,7-10,13-22,27,35-36,41,45H,6,11-12,23-26,28-29H2,1-3H3,(H,44,49). The second-order valence-corrected chi connectivity index (χ2v) is 16.1. The summed E-state index contributed by atoms with van der Waals surface area (Å²) in [6, 6.07) is 31.0. The predicted octanol–water partition coefficient (Wildman–Crippen LogP) is 6.25. The van der Waals surface area contributed by atoms with E-state index in [4.69, 9.17) is 4.52 Å². The third-order valence-electron chi connectivity index (χ3n) is 10.3. The molecule has 0 radical (unpaired) electrons. The number of carbonyl (C=O) groups excluding carboxylic acids is 3. The lowest BCUT2D eigenvalue weighted by Crippen LogP contribution is -2.52. The van der Waals surface area contributed by atoms with Crippen LogP contribution in [0.3, 0.4) is 0 Å². The molecule has 0 saturated carbocycles. The number of unbranched alkanes of at least 4 members (excludes halogenated alkanes) is 2. The number of aromatic nitrogens is 1. The number of hydrogen-bond acceptors (Lipinski definition) is 9. The van der Waals surface area contributed by atoms with Gasteiger partial charge in [-0.25, -0.2) is 13.1 Å². The average Bonchev–Trinajstić information content (AvgIpc) is 3.63. The summed E-state index contributed by atoms with van der Waals surface area (Å²) in [7, 11) is 0.128. The van der Waals surface area contributed by atoms with Gasteiger partial charge in [-0.15, -0.1) is 0 Å². The second kappa shape index (κ2) is 18.0. The fourth-order valence-electron chi connectivity index (χ4n) is 7.60. The van der Waals surface area contributed by atoms with Crippen LogP contribution in [-0.2, 0) is 14.8 Å². The van der Waals surface area contributed by atoms with Crippen LogP contribution < -0.4 is 14.9 Å². The number of piperidine rings is 1. The Bertz CT molecular complexity index is 2150. The van der Waals surface area contributed by atoms with Crippen molar-refractivity contribution in [1.29, 1.82) is 0 Å². The zero-order valence-corrected chi connectivity index (χ0v) is 32.4. The maximum absolute atomic E-state index is 14.1. The van der Waals surface area contributed by atoms with Crippen molar-refractivity contribution < 1.29 is 27.3 Å². The Balaban J connectivity index is 1.03. The molecule has 2 unspecified atom stereocenters. The van der Waals surface area contributed by atoms with Gasteiger partial charge in [-0.05, 0) is 31.9 Å². The number of Topliss-reactive ketones (excluding diaryl/α,β-unsaturated/α-hetero) is 2. The zero-order valence-electron chi connectivity index (χ0n) is 31.6. The molecule has 1 aliphatic rings. The van der Waals surface area contributed by atoms with Crippen LogP contribution in [0.2, 0.25) is 0 Å². The van der Waals surface area contributed by atoms with Crippen molar-refractivity contribution in [3.05, 3.63) is 126 Å². The minimum absolute atomic E-state index is 0.0660. The Morgan fingerprint density at radius 3 is 2.00 bits per heavy atom. The molecule has 0 bridgehead atoms. The molecule has 1 aliphatic heterocycles. The molecule has 0 spiro atoms. The van der Waals surface area contributed by atoms with Crippen LogP contribution in [0, 0.1) is 18.8 Å². The third kappa shape index (κ3) is 9.56. The van der Waals surface area contributed by atoms with Crippen molar-refractivity contribution >= 4 is 44.0 Å². The van der Waals surface area contributed by atoms with Crippen molar-refractivity contribution in [3.8, 4) is 0 Å². The van der Waals surface area contributed by atoms with Gasteiger partial charge in [0.1, 0.15) is 5.76 Å². The van der Waals surface area contributed by atoms with Gasteiger partial charge < -0.3 is 19.6 Å². The first kappa shape index (κ1) is 39.5. The number of fused-ring (bicyclic) bond motifs is 1. The number of sulfonamides is 1. The van der Waals surface area contributed by atoms with Crippen LogP contribution in [0.25, 0.3) is 10.8 Å². The highest BCUT2D eigenvalue weighted by atomic mass is 32.2. The van der Waals surface area contributed by atoms with E-state index in [0.29, 0.717) is 79.8 Å². The molecule has 1 aromatic heterocycles. The van der Waals surface area contributed by atoms with Gasteiger partial charge in [-0.2, -0.15) is 0 Å². The minimum atomic E-state index is -3.73. The first-order valence-electron chi connectivity index (χ1n) is 18.8. The highest BCUT2D eigenvalue weighted by molar-refractivity contribution is 7.89. The quantitative estimate of drug-likeness (QED) is 0.0830. The van der Waals surface area contributed by atoms with E-state index in [1.807, 2.05) is 85.7 Å². The molecule has 288 valence electrons. The number of hydrogen-bond donors (Lipinski definition) is 2. The van der Waals surface area contributed by atoms with Gasteiger partial charge in [0.05, 0.1) is 10.6 Å². The molecule has 12 heteroatoms. The second-order valence-electron chi connectivity index (χ2n) is 14.4. The summed E-state index contributed by atoms with van der Waals surface area (Å²) >= 11 is 0. The Hall–Kier alpha value is -5.17. The van der Waals surface area contributed by atoms with Crippen molar-refractivity contribution in [3.63, 3.8) is 0 Å². The number of rotatable bonds is 17. The van der Waals surface area contributed by atoms with Gasteiger partial charge in [-0.1, -0.05) is 96.5 Å². The lowest BCUT2D eigenvalue weighted by atomic mass is 9.70. The highest BCUT2D eigenvalue weighted by Crippen LogP contribution is 2.40. The molecule has 6 rings (SSSR count). The van der Waals surface area contributed by atoms with E-state index >= 15 is 0 Å². The number of amides is 1. The Morgan fingerprint density at radius 2 is 1.40 bits per heavy atom. The average molecular weight is 764 g/mol. The van der Waals surface area contributed by atoms with Crippen LogP contribution in [0.5, 0.6) is 0 Å². The summed E-state index contributed by atoms with van der Waals surface area (Å²) in [5.74, 6) is -1.25. The molecule has 5 aromatic rings. The molecular weight excluding hydrogens is 715 g/mol. The number of nitrogens with zero attached hydrogens (tertiary/aromatic N) is 3. The molecule has 2 N–H and O–H groups in total. The number of aryl methyl sites for hydroxylation is 1. The Labute approximate surface area is 323 Å². The van der Waals surface area contributed by atoms with Gasteiger partial charge >= 0.3 is 0 Å². The fraction of sp³-hybridized carbons (Fsp3) is 0.349. The van der Waals surface area contributed by atoms with Crippen molar-refractivity contribution in [2.24, 2.45) is 11.8 Å². The van der Waals surface area contributed by atoms with Crippen molar-refractivity contribution in [2.75, 3.05) is 51.7 Å². The van der Waals surface area contributed by atoms with Gasteiger partial charge in [-0.3, -0.25) is 14.4 Å². The van der Waals surface area contributed by atoms with Crippen molar-refractivity contribution in [2.45, 2.75) is 43.4 Å². The van der Waals surface area contributed by atoms with Crippen LogP contribution in [0.4, 0.5) is 5.69 Å². The zero-order chi connectivity index (χ0) is 39.0. The molecule has 55 heavy (non-hydrogen) atoms. The number of anilines is 1. The lowest BCUT2D eigenvalue weighted by molar-refractivity contribution is -0.121. The maximum atomic E-state index is 14.1. The van der Waals surface area contributed by atoms with E-state index < -0.39 is 27.8 Å². The van der Waals surface area contributed by atoms with Crippen LogP contribution in [0.15, 0.2) is 113 Å².